The van der Waals surface area contributed by atoms with Crippen molar-refractivity contribution < 1.29 is 32.7 Å². The van der Waals surface area contributed by atoms with Crippen molar-refractivity contribution in [1.29, 1.82) is 0 Å². The van der Waals surface area contributed by atoms with E-state index in [0.717, 1.165) is 18.5 Å². The molecular weight excluding hydrogens is 291 g/mol. The van der Waals surface area contributed by atoms with Crippen molar-refractivity contribution in [2.75, 3.05) is 6.54 Å². The van der Waals surface area contributed by atoms with Crippen molar-refractivity contribution in [3.63, 3.8) is 0 Å². The van der Waals surface area contributed by atoms with Crippen LogP contribution in [-0.2, 0) is 32.7 Å². The molecule has 1 aromatic rings. The van der Waals surface area contributed by atoms with Crippen LogP contribution in [0.2, 0.25) is 0 Å². The number of hydrogen-bond acceptors (Lipinski definition) is 3. The third-order valence-corrected chi connectivity index (χ3v) is 1.73. The first kappa shape index (κ1) is 18.8. The van der Waals surface area contributed by atoms with E-state index in [1.807, 2.05) is 20.1 Å². The minimum Gasteiger partial charge on any atom is -0.629 e. The molecule has 4 nitrogen and oxygen atoms in total. The van der Waals surface area contributed by atoms with Crippen LogP contribution in [0.5, 0.6) is 0 Å². The van der Waals surface area contributed by atoms with E-state index in [4.69, 9.17) is 0 Å². The number of rotatable bonds is 1. The Morgan fingerprint density at radius 3 is 2.47 bits per heavy atom. The number of pyridine rings is 1. The van der Waals surface area contributed by atoms with Gasteiger partial charge >= 0.3 is 0 Å². The van der Waals surface area contributed by atoms with Crippen molar-refractivity contribution >= 4 is 12.1 Å². The zero-order valence-electron chi connectivity index (χ0n) is 10.6. The van der Waals surface area contributed by atoms with E-state index in [2.05, 4.69) is 15.0 Å². The van der Waals surface area contributed by atoms with E-state index in [9.17, 15) is 4.79 Å². The van der Waals surface area contributed by atoms with E-state index < -0.39 is 0 Å². The molecule has 0 bridgehead atoms. The summed E-state index contributed by atoms with van der Waals surface area (Å²) in [5.74, 6) is 0.666. The number of amidine groups is 1. The first-order valence-electron chi connectivity index (χ1n) is 5.07. The van der Waals surface area contributed by atoms with Crippen LogP contribution in [-0.4, -0.2) is 18.6 Å². The van der Waals surface area contributed by atoms with Gasteiger partial charge in [0.05, 0.1) is 5.56 Å². The second kappa shape index (κ2) is 10.5. The molecule has 2 rings (SSSR count). The zero-order chi connectivity index (χ0) is 11.1. The van der Waals surface area contributed by atoms with E-state index in [0.29, 0.717) is 5.84 Å². The predicted octanol–water partition coefficient (Wildman–Crippen LogP) is 1.70. The van der Waals surface area contributed by atoms with Gasteiger partial charge in [0.15, 0.2) is 5.84 Å². The van der Waals surface area contributed by atoms with Gasteiger partial charge in [-0.3, -0.25) is 4.99 Å². The molecule has 0 spiro atoms. The molecule has 0 saturated carbocycles. The Bertz CT molecular complexity index is 404. The summed E-state index contributed by atoms with van der Waals surface area (Å²) in [5.41, 5.74) is 0.569. The summed E-state index contributed by atoms with van der Waals surface area (Å²) in [6, 6.07) is 3.11. The molecule has 0 amide bonds. The summed E-state index contributed by atoms with van der Waals surface area (Å²) in [6.45, 7) is 4.76. The summed E-state index contributed by atoms with van der Waals surface area (Å²) < 4.78 is 0. The van der Waals surface area contributed by atoms with Crippen molar-refractivity contribution in [2.45, 2.75) is 20.3 Å². The molecule has 17 heavy (non-hydrogen) atoms. The maximum absolute atomic E-state index is 10.7. The summed E-state index contributed by atoms with van der Waals surface area (Å²) >= 11 is 0. The van der Waals surface area contributed by atoms with Crippen LogP contribution in [0.4, 0.5) is 0 Å². The van der Waals surface area contributed by atoms with Crippen LogP contribution in [0, 0.1) is 7.43 Å². The number of hydrogen-bond donors (Lipinski definition) is 0. The normalized spacial score (nSPS) is 12.2. The maximum atomic E-state index is 10.7. The molecule has 1 radical (unpaired) electrons. The molecule has 2 heterocycles. The average Bonchev–Trinajstić information content (AvgIpc) is 2.34. The fraction of sp³-hybridized carbons (Fsp3) is 0.333. The maximum Gasteiger partial charge on any atom is 0.152 e. The van der Waals surface area contributed by atoms with Gasteiger partial charge in [0, 0.05) is 51.9 Å². The van der Waals surface area contributed by atoms with Crippen LogP contribution < -0.4 is 10.5 Å². The minimum atomic E-state index is -0.232. The minimum absolute atomic E-state index is 0. The standard InChI is InChI=1S/C9H9N3O.C2H6.CH3.Y/c13-8-3-2-7(6-12-8)9-10-4-1-5-11-9;1-2;;/h2-4,6H,1,5H2,(H,11,12,13);1-2H3;1H3;/q;;-1;/p-1. The summed E-state index contributed by atoms with van der Waals surface area (Å²) in [7, 11) is 0. The smallest absolute Gasteiger partial charge is 0.152 e. The molecule has 1 aliphatic rings. The summed E-state index contributed by atoms with van der Waals surface area (Å²) in [6.07, 6.45) is 4.22. The van der Waals surface area contributed by atoms with Gasteiger partial charge in [0.25, 0.3) is 0 Å². The molecule has 1 aliphatic heterocycles. The van der Waals surface area contributed by atoms with E-state index in [1.165, 1.54) is 12.3 Å². The Morgan fingerprint density at radius 2 is 2.00 bits per heavy atom. The molecule has 0 unspecified atom stereocenters. The van der Waals surface area contributed by atoms with Crippen LogP contribution in [0.3, 0.4) is 0 Å². The Kier molecular flexibility index (Phi) is 11.6. The number of aliphatic imine (C=N–C) groups is 2. The zero-order valence-corrected chi connectivity index (χ0v) is 13.4. The largest absolute Gasteiger partial charge is 0.629 e. The van der Waals surface area contributed by atoms with Gasteiger partial charge in [-0.05, 0) is 11.6 Å². The van der Waals surface area contributed by atoms with Crippen LogP contribution >= 0.6 is 0 Å². The predicted molar refractivity (Wildman–Crippen MR) is 68.3 cm³/mol. The Hall–Kier alpha value is -0.606. The van der Waals surface area contributed by atoms with Gasteiger partial charge in [-0.1, -0.05) is 19.9 Å². The van der Waals surface area contributed by atoms with E-state index in [1.54, 1.807) is 6.07 Å². The molecule has 0 aromatic carbocycles. The summed E-state index contributed by atoms with van der Waals surface area (Å²) in [5, 5.41) is 0. The molecule has 0 N–H and O–H groups in total. The second-order valence-corrected chi connectivity index (χ2v) is 2.69. The molecule has 1 aromatic heterocycles. The van der Waals surface area contributed by atoms with Crippen molar-refractivity contribution in [1.82, 2.24) is 4.98 Å². The van der Waals surface area contributed by atoms with Crippen molar-refractivity contribution in [3.8, 4) is 0 Å². The fourth-order valence-corrected chi connectivity index (χ4v) is 1.10. The van der Waals surface area contributed by atoms with Crippen molar-refractivity contribution in [2.24, 2.45) is 9.98 Å². The second-order valence-electron chi connectivity index (χ2n) is 2.69. The van der Waals surface area contributed by atoms with Gasteiger partial charge in [0.2, 0.25) is 0 Å². The van der Waals surface area contributed by atoms with Gasteiger partial charge in [0.1, 0.15) is 0 Å². The summed E-state index contributed by atoms with van der Waals surface area (Å²) in [4.78, 5) is 22.7. The first-order chi connectivity index (χ1) is 7.36. The van der Waals surface area contributed by atoms with Gasteiger partial charge < -0.3 is 17.2 Å². The molecule has 91 valence electrons. The Morgan fingerprint density at radius 1 is 1.29 bits per heavy atom. The molecular formula is C12H17N3OY-2. The van der Waals surface area contributed by atoms with Gasteiger partial charge in [-0.25, -0.2) is 4.99 Å². The number of nitrogens with zero attached hydrogens (tertiary/aromatic N) is 3. The Balaban J connectivity index is 0. The SMILES string of the molecule is CC.O=c1ccc(C2=NCCC=N2)c[n-]1.[CH3-].[Y]. The molecule has 5 heteroatoms. The molecule has 0 fully saturated rings. The average molecular weight is 308 g/mol. The third kappa shape index (κ3) is 6.03. The quantitative estimate of drug-likeness (QED) is 0.742. The molecule has 0 atom stereocenters. The molecule has 0 saturated heterocycles. The van der Waals surface area contributed by atoms with Crippen molar-refractivity contribution in [3.05, 3.63) is 41.7 Å². The number of aromatic nitrogens is 1. The first-order valence-corrected chi connectivity index (χ1v) is 5.07. The van der Waals surface area contributed by atoms with Crippen LogP contribution in [0.15, 0.2) is 33.1 Å². The Labute approximate surface area is 128 Å². The van der Waals surface area contributed by atoms with E-state index in [-0.39, 0.29) is 45.7 Å². The van der Waals surface area contributed by atoms with Crippen LogP contribution in [0.1, 0.15) is 25.8 Å². The van der Waals surface area contributed by atoms with E-state index >= 15 is 0 Å². The monoisotopic (exact) mass is 308 g/mol. The third-order valence-electron chi connectivity index (χ3n) is 1.73. The van der Waals surface area contributed by atoms with Gasteiger partial charge in [-0.2, -0.15) is 6.20 Å². The topological polar surface area (TPSA) is 55.9 Å². The molecule has 0 aliphatic carbocycles. The van der Waals surface area contributed by atoms with Crippen LogP contribution in [0.25, 0.3) is 0 Å². The fourth-order valence-electron chi connectivity index (χ4n) is 1.10. The van der Waals surface area contributed by atoms with Gasteiger partial charge in [-0.15, -0.1) is 0 Å².